The van der Waals surface area contributed by atoms with Crippen LogP contribution in [0.1, 0.15) is 18.5 Å². The lowest BCUT2D eigenvalue weighted by Crippen LogP contribution is -2.39. The number of amides is 2. The highest BCUT2D eigenvalue weighted by Gasteiger charge is 2.08. The molecule has 0 saturated carbocycles. The van der Waals surface area contributed by atoms with Gasteiger partial charge in [-0.1, -0.05) is 0 Å². The molecule has 1 atom stereocenters. The summed E-state index contributed by atoms with van der Waals surface area (Å²) in [5.41, 5.74) is 1.78. The van der Waals surface area contributed by atoms with E-state index in [1.165, 1.54) is 12.1 Å². The molecule has 24 heavy (non-hydrogen) atoms. The number of urea groups is 1. The maximum Gasteiger partial charge on any atom is 0.315 e. The lowest BCUT2D eigenvalue weighted by molar-refractivity contribution is -0.384. The van der Waals surface area contributed by atoms with Crippen LogP contribution >= 0.6 is 0 Å². The van der Waals surface area contributed by atoms with Crippen molar-refractivity contribution < 1.29 is 9.72 Å². The van der Waals surface area contributed by atoms with Gasteiger partial charge in [-0.25, -0.2) is 4.79 Å². The third-order valence-corrected chi connectivity index (χ3v) is 3.37. The van der Waals surface area contributed by atoms with E-state index in [4.69, 9.17) is 0 Å². The van der Waals surface area contributed by atoms with E-state index >= 15 is 0 Å². The minimum atomic E-state index is -0.445. The average Bonchev–Trinajstić information content (AvgIpc) is 2.60. The zero-order valence-electron chi connectivity index (χ0n) is 13.2. The number of hydrogen-bond donors (Lipinski definition) is 3. The number of carbonyl (C=O) groups is 1. The fourth-order valence-electron chi connectivity index (χ4n) is 2.07. The SMILES string of the molecule is CC(NC(=O)NCCNc1ccc([N+](=O)[O-])cc1)c1ccncc1. The molecule has 1 aromatic heterocycles. The number of pyridine rings is 1. The van der Waals surface area contributed by atoms with Gasteiger partial charge >= 0.3 is 6.03 Å². The molecule has 0 fully saturated rings. The van der Waals surface area contributed by atoms with Gasteiger partial charge < -0.3 is 16.0 Å². The molecule has 1 unspecified atom stereocenters. The first-order chi connectivity index (χ1) is 11.6. The number of nitrogens with zero attached hydrogens (tertiary/aromatic N) is 2. The molecule has 126 valence electrons. The summed E-state index contributed by atoms with van der Waals surface area (Å²) < 4.78 is 0. The quantitative estimate of drug-likeness (QED) is 0.411. The van der Waals surface area contributed by atoms with Gasteiger partial charge in [0, 0.05) is 43.3 Å². The summed E-state index contributed by atoms with van der Waals surface area (Å²) in [5.74, 6) is 0. The minimum Gasteiger partial charge on any atom is -0.383 e. The van der Waals surface area contributed by atoms with E-state index in [0.29, 0.717) is 13.1 Å². The van der Waals surface area contributed by atoms with E-state index in [-0.39, 0.29) is 17.8 Å². The molecule has 0 aliphatic heterocycles. The molecule has 2 amide bonds. The summed E-state index contributed by atoms with van der Waals surface area (Å²) >= 11 is 0. The maximum absolute atomic E-state index is 11.8. The summed E-state index contributed by atoms with van der Waals surface area (Å²) in [5, 5.41) is 19.2. The summed E-state index contributed by atoms with van der Waals surface area (Å²) in [7, 11) is 0. The Kier molecular flexibility index (Phi) is 6.07. The highest BCUT2D eigenvalue weighted by atomic mass is 16.6. The molecule has 0 aliphatic carbocycles. The zero-order chi connectivity index (χ0) is 17.4. The molecule has 8 nitrogen and oxygen atoms in total. The van der Waals surface area contributed by atoms with Gasteiger partial charge in [-0.15, -0.1) is 0 Å². The van der Waals surface area contributed by atoms with E-state index < -0.39 is 4.92 Å². The summed E-state index contributed by atoms with van der Waals surface area (Å²) in [6.07, 6.45) is 3.36. The van der Waals surface area contributed by atoms with E-state index in [2.05, 4.69) is 20.9 Å². The fraction of sp³-hybridized carbons (Fsp3) is 0.250. The van der Waals surface area contributed by atoms with E-state index in [1.807, 2.05) is 19.1 Å². The summed E-state index contributed by atoms with van der Waals surface area (Å²) in [4.78, 5) is 25.9. The molecule has 0 saturated heterocycles. The number of rotatable bonds is 7. The molecule has 3 N–H and O–H groups in total. The van der Waals surface area contributed by atoms with Crippen molar-refractivity contribution in [2.45, 2.75) is 13.0 Å². The number of nitro benzene ring substituents is 1. The maximum atomic E-state index is 11.8. The van der Waals surface area contributed by atoms with Crippen molar-refractivity contribution in [1.29, 1.82) is 0 Å². The van der Waals surface area contributed by atoms with Gasteiger partial charge in [0.1, 0.15) is 0 Å². The highest BCUT2D eigenvalue weighted by molar-refractivity contribution is 5.74. The number of benzene rings is 1. The summed E-state index contributed by atoms with van der Waals surface area (Å²) in [6, 6.07) is 9.44. The third-order valence-electron chi connectivity index (χ3n) is 3.37. The topological polar surface area (TPSA) is 109 Å². The van der Waals surface area contributed by atoms with E-state index in [0.717, 1.165) is 11.3 Å². The van der Waals surface area contributed by atoms with Crippen LogP contribution in [0.5, 0.6) is 0 Å². The Bertz CT molecular complexity index is 676. The summed E-state index contributed by atoms with van der Waals surface area (Å²) in [6.45, 7) is 2.82. The van der Waals surface area contributed by atoms with Crippen molar-refractivity contribution in [2.24, 2.45) is 0 Å². The normalized spacial score (nSPS) is 11.4. The largest absolute Gasteiger partial charge is 0.383 e. The Balaban J connectivity index is 1.68. The lowest BCUT2D eigenvalue weighted by atomic mass is 10.1. The lowest BCUT2D eigenvalue weighted by Gasteiger charge is -2.15. The molecule has 0 spiro atoms. The Morgan fingerprint density at radius 1 is 1.17 bits per heavy atom. The molecule has 1 heterocycles. The van der Waals surface area contributed by atoms with Gasteiger partial charge in [0.2, 0.25) is 0 Å². The Hall–Kier alpha value is -3.16. The van der Waals surface area contributed by atoms with Gasteiger partial charge in [0.15, 0.2) is 0 Å². The molecule has 1 aromatic carbocycles. The van der Waals surface area contributed by atoms with Crippen molar-refractivity contribution in [3.63, 3.8) is 0 Å². The average molecular weight is 329 g/mol. The second-order valence-electron chi connectivity index (χ2n) is 5.13. The number of anilines is 1. The zero-order valence-corrected chi connectivity index (χ0v) is 13.2. The van der Waals surface area contributed by atoms with Crippen LogP contribution in [0.2, 0.25) is 0 Å². The number of nitrogens with one attached hydrogen (secondary N) is 3. The van der Waals surface area contributed by atoms with Crippen LogP contribution in [0.3, 0.4) is 0 Å². The molecule has 2 aromatic rings. The number of carbonyl (C=O) groups excluding carboxylic acids is 1. The van der Waals surface area contributed by atoms with Crippen molar-refractivity contribution in [2.75, 3.05) is 18.4 Å². The molecular formula is C16H19N5O3. The van der Waals surface area contributed by atoms with Crippen LogP contribution in [0.25, 0.3) is 0 Å². The molecule has 2 rings (SSSR count). The third kappa shape index (κ3) is 5.24. The Morgan fingerprint density at radius 2 is 1.83 bits per heavy atom. The predicted molar refractivity (Wildman–Crippen MR) is 90.8 cm³/mol. The molecule has 0 bridgehead atoms. The Labute approximate surface area is 139 Å². The monoisotopic (exact) mass is 329 g/mol. The van der Waals surface area contributed by atoms with Gasteiger partial charge in [-0.05, 0) is 36.8 Å². The highest BCUT2D eigenvalue weighted by Crippen LogP contribution is 2.14. The van der Waals surface area contributed by atoms with Crippen LogP contribution in [0.4, 0.5) is 16.2 Å². The standard InChI is InChI=1S/C16H19N5O3/c1-12(13-6-8-17-9-7-13)20-16(22)19-11-10-18-14-2-4-15(5-3-14)21(23)24/h2-9,12,18H,10-11H2,1H3,(H2,19,20,22). The van der Waals surface area contributed by atoms with Crippen LogP contribution in [-0.4, -0.2) is 29.0 Å². The molecule has 0 aliphatic rings. The molecular weight excluding hydrogens is 310 g/mol. The second kappa shape index (κ2) is 8.47. The predicted octanol–water partition coefficient (Wildman–Crippen LogP) is 2.46. The number of aromatic nitrogens is 1. The van der Waals surface area contributed by atoms with E-state index in [9.17, 15) is 14.9 Å². The first-order valence-corrected chi connectivity index (χ1v) is 7.49. The first kappa shape index (κ1) is 17.2. The van der Waals surface area contributed by atoms with Crippen LogP contribution < -0.4 is 16.0 Å². The van der Waals surface area contributed by atoms with Crippen molar-refractivity contribution >= 4 is 17.4 Å². The van der Waals surface area contributed by atoms with Gasteiger partial charge in [-0.3, -0.25) is 15.1 Å². The number of hydrogen-bond acceptors (Lipinski definition) is 5. The molecule has 0 radical (unpaired) electrons. The van der Waals surface area contributed by atoms with Crippen LogP contribution in [0, 0.1) is 10.1 Å². The number of nitro groups is 1. The van der Waals surface area contributed by atoms with E-state index in [1.54, 1.807) is 24.5 Å². The number of non-ortho nitro benzene ring substituents is 1. The van der Waals surface area contributed by atoms with Gasteiger partial charge in [-0.2, -0.15) is 0 Å². The van der Waals surface area contributed by atoms with Crippen molar-refractivity contribution in [3.05, 3.63) is 64.5 Å². The Morgan fingerprint density at radius 3 is 2.46 bits per heavy atom. The van der Waals surface area contributed by atoms with Crippen LogP contribution in [0.15, 0.2) is 48.8 Å². The molecule has 8 heteroatoms. The van der Waals surface area contributed by atoms with Gasteiger partial charge in [0.05, 0.1) is 11.0 Å². The fourth-order valence-corrected chi connectivity index (χ4v) is 2.07. The first-order valence-electron chi connectivity index (χ1n) is 7.49. The smallest absolute Gasteiger partial charge is 0.315 e. The van der Waals surface area contributed by atoms with Gasteiger partial charge in [0.25, 0.3) is 5.69 Å². The van der Waals surface area contributed by atoms with Crippen LogP contribution in [-0.2, 0) is 0 Å². The van der Waals surface area contributed by atoms with Crippen molar-refractivity contribution in [3.8, 4) is 0 Å². The second-order valence-corrected chi connectivity index (χ2v) is 5.13. The van der Waals surface area contributed by atoms with Crippen molar-refractivity contribution in [1.82, 2.24) is 15.6 Å². The minimum absolute atomic E-state index is 0.0446.